The first kappa shape index (κ1) is 13.1. The first-order valence-electron chi connectivity index (χ1n) is 5.59. The minimum atomic E-state index is -2.88. The van der Waals surface area contributed by atoms with Crippen molar-refractivity contribution < 1.29 is 18.3 Å². The van der Waals surface area contributed by atoms with E-state index >= 15 is 0 Å². The van der Waals surface area contributed by atoms with Gasteiger partial charge in [-0.25, -0.2) is 0 Å². The zero-order valence-corrected chi connectivity index (χ0v) is 10.3. The number of rotatable bonds is 4. The van der Waals surface area contributed by atoms with Gasteiger partial charge in [0.1, 0.15) is 11.5 Å². The highest BCUT2D eigenvalue weighted by molar-refractivity contribution is 5.71. The zero-order valence-electron chi connectivity index (χ0n) is 10.3. The molecule has 0 unspecified atom stereocenters. The second-order valence-electron chi connectivity index (χ2n) is 3.86. The quantitative estimate of drug-likeness (QED) is 0.860. The standard InChI is InChI=1S/C14H13F2NO2/c1-18-11-5-2-9(3-6-11)10-4-7-13(12(17)8-10)19-14(15)16/h2-8,14H,17H2,1H3. The van der Waals surface area contributed by atoms with Crippen molar-refractivity contribution in [2.75, 3.05) is 12.8 Å². The van der Waals surface area contributed by atoms with Crippen LogP contribution in [0.25, 0.3) is 11.1 Å². The van der Waals surface area contributed by atoms with Gasteiger partial charge in [-0.2, -0.15) is 8.78 Å². The van der Waals surface area contributed by atoms with Gasteiger partial charge in [-0.05, 0) is 35.4 Å². The second kappa shape index (κ2) is 5.56. The molecule has 0 aliphatic carbocycles. The first-order valence-corrected chi connectivity index (χ1v) is 5.59. The number of hydrogen-bond acceptors (Lipinski definition) is 3. The van der Waals surface area contributed by atoms with E-state index in [1.54, 1.807) is 19.2 Å². The Bertz CT molecular complexity index is 556. The van der Waals surface area contributed by atoms with Crippen LogP contribution in [0.5, 0.6) is 11.5 Å². The number of anilines is 1. The number of halogens is 2. The van der Waals surface area contributed by atoms with Gasteiger partial charge in [0.25, 0.3) is 0 Å². The van der Waals surface area contributed by atoms with E-state index in [4.69, 9.17) is 10.5 Å². The van der Waals surface area contributed by atoms with Crippen molar-refractivity contribution in [1.29, 1.82) is 0 Å². The topological polar surface area (TPSA) is 44.5 Å². The zero-order chi connectivity index (χ0) is 13.8. The van der Waals surface area contributed by atoms with E-state index in [9.17, 15) is 8.78 Å². The number of nitrogens with two attached hydrogens (primary N) is 1. The molecule has 0 fully saturated rings. The molecule has 2 aromatic rings. The van der Waals surface area contributed by atoms with Crippen molar-refractivity contribution in [2.24, 2.45) is 0 Å². The molecule has 0 bridgehead atoms. The van der Waals surface area contributed by atoms with Crippen LogP contribution in [0.4, 0.5) is 14.5 Å². The van der Waals surface area contributed by atoms with Crippen LogP contribution in [0, 0.1) is 0 Å². The number of nitrogen functional groups attached to an aromatic ring is 1. The Morgan fingerprint density at radius 2 is 1.63 bits per heavy atom. The second-order valence-corrected chi connectivity index (χ2v) is 3.86. The van der Waals surface area contributed by atoms with Gasteiger partial charge in [-0.1, -0.05) is 18.2 Å². The molecule has 2 rings (SSSR count). The van der Waals surface area contributed by atoms with Gasteiger partial charge < -0.3 is 15.2 Å². The summed E-state index contributed by atoms with van der Waals surface area (Å²) in [6, 6.07) is 12.1. The van der Waals surface area contributed by atoms with Crippen molar-refractivity contribution in [1.82, 2.24) is 0 Å². The number of methoxy groups -OCH3 is 1. The Balaban J connectivity index is 2.27. The van der Waals surface area contributed by atoms with Gasteiger partial charge in [0.15, 0.2) is 0 Å². The lowest BCUT2D eigenvalue weighted by Gasteiger charge is -2.10. The molecular formula is C14H13F2NO2. The highest BCUT2D eigenvalue weighted by Gasteiger charge is 2.09. The Labute approximate surface area is 109 Å². The highest BCUT2D eigenvalue weighted by atomic mass is 19.3. The summed E-state index contributed by atoms with van der Waals surface area (Å²) in [6.45, 7) is -2.88. The van der Waals surface area contributed by atoms with Crippen LogP contribution in [0.3, 0.4) is 0 Å². The molecule has 0 radical (unpaired) electrons. The predicted octanol–water partition coefficient (Wildman–Crippen LogP) is 3.55. The molecule has 0 heterocycles. The Morgan fingerprint density at radius 1 is 1.00 bits per heavy atom. The minimum absolute atomic E-state index is 0.0211. The van der Waals surface area contributed by atoms with E-state index in [0.717, 1.165) is 16.9 Å². The molecule has 0 aromatic heterocycles. The molecule has 2 aromatic carbocycles. The average molecular weight is 265 g/mol. The number of benzene rings is 2. The van der Waals surface area contributed by atoms with E-state index < -0.39 is 6.61 Å². The number of ether oxygens (including phenoxy) is 2. The van der Waals surface area contributed by atoms with Crippen molar-refractivity contribution in [3.05, 3.63) is 42.5 Å². The SMILES string of the molecule is COc1ccc(-c2ccc(OC(F)F)c(N)c2)cc1. The molecule has 3 nitrogen and oxygen atoms in total. The Morgan fingerprint density at radius 3 is 2.16 bits per heavy atom. The normalized spacial score (nSPS) is 10.5. The van der Waals surface area contributed by atoms with Crippen molar-refractivity contribution >= 4 is 5.69 Å². The third kappa shape index (κ3) is 3.13. The maximum Gasteiger partial charge on any atom is 0.387 e. The molecule has 0 amide bonds. The van der Waals surface area contributed by atoms with E-state index in [0.29, 0.717) is 0 Å². The Hall–Kier alpha value is -2.30. The third-order valence-electron chi connectivity index (χ3n) is 2.65. The summed E-state index contributed by atoms with van der Waals surface area (Å²) in [5.74, 6) is 0.724. The maximum absolute atomic E-state index is 12.1. The molecule has 0 aliphatic rings. The van der Waals surface area contributed by atoms with Gasteiger partial charge in [0.05, 0.1) is 12.8 Å². The fourth-order valence-corrected chi connectivity index (χ4v) is 1.71. The minimum Gasteiger partial charge on any atom is -0.497 e. The predicted molar refractivity (Wildman–Crippen MR) is 69.5 cm³/mol. The van der Waals surface area contributed by atoms with E-state index in [-0.39, 0.29) is 11.4 Å². The summed E-state index contributed by atoms with van der Waals surface area (Å²) in [6.07, 6.45) is 0. The van der Waals surface area contributed by atoms with Crippen LogP contribution >= 0.6 is 0 Å². The van der Waals surface area contributed by atoms with Gasteiger partial charge in [0, 0.05) is 0 Å². The van der Waals surface area contributed by atoms with Crippen LogP contribution in [0.2, 0.25) is 0 Å². The molecule has 5 heteroatoms. The van der Waals surface area contributed by atoms with Gasteiger partial charge in [-0.3, -0.25) is 0 Å². The van der Waals surface area contributed by atoms with Gasteiger partial charge in [-0.15, -0.1) is 0 Å². The maximum atomic E-state index is 12.1. The molecule has 100 valence electrons. The van der Waals surface area contributed by atoms with Crippen LogP contribution in [-0.2, 0) is 0 Å². The van der Waals surface area contributed by atoms with E-state index in [1.165, 1.54) is 6.07 Å². The highest BCUT2D eigenvalue weighted by Crippen LogP contribution is 2.30. The summed E-state index contributed by atoms with van der Waals surface area (Å²) in [5, 5.41) is 0. The van der Waals surface area contributed by atoms with E-state index in [2.05, 4.69) is 4.74 Å². The average Bonchev–Trinajstić information content (AvgIpc) is 2.41. The molecule has 0 atom stereocenters. The molecule has 19 heavy (non-hydrogen) atoms. The molecule has 2 N–H and O–H groups in total. The number of alkyl halides is 2. The van der Waals surface area contributed by atoms with Crippen molar-refractivity contribution in [3.8, 4) is 22.6 Å². The van der Waals surface area contributed by atoms with Crippen LogP contribution in [0.15, 0.2) is 42.5 Å². The van der Waals surface area contributed by atoms with Crippen LogP contribution in [-0.4, -0.2) is 13.7 Å². The molecule has 0 spiro atoms. The molecular weight excluding hydrogens is 252 g/mol. The fourth-order valence-electron chi connectivity index (χ4n) is 1.71. The summed E-state index contributed by atoms with van der Waals surface area (Å²) in [4.78, 5) is 0. The number of hydrogen-bond donors (Lipinski definition) is 1. The third-order valence-corrected chi connectivity index (χ3v) is 2.65. The lowest BCUT2D eigenvalue weighted by atomic mass is 10.0. The summed E-state index contributed by atoms with van der Waals surface area (Å²) in [5.41, 5.74) is 7.59. The van der Waals surface area contributed by atoms with E-state index in [1.807, 2.05) is 24.3 Å². The van der Waals surface area contributed by atoms with Gasteiger partial charge in [0.2, 0.25) is 0 Å². The molecule has 0 aliphatic heterocycles. The summed E-state index contributed by atoms with van der Waals surface area (Å²) >= 11 is 0. The summed E-state index contributed by atoms with van der Waals surface area (Å²) < 4.78 is 33.6. The lowest BCUT2D eigenvalue weighted by Crippen LogP contribution is -2.04. The van der Waals surface area contributed by atoms with Gasteiger partial charge >= 0.3 is 6.61 Å². The smallest absolute Gasteiger partial charge is 0.387 e. The Kier molecular flexibility index (Phi) is 3.85. The monoisotopic (exact) mass is 265 g/mol. The summed E-state index contributed by atoms with van der Waals surface area (Å²) in [7, 11) is 1.59. The van der Waals surface area contributed by atoms with Crippen LogP contribution < -0.4 is 15.2 Å². The van der Waals surface area contributed by atoms with Crippen molar-refractivity contribution in [3.63, 3.8) is 0 Å². The fraction of sp³-hybridized carbons (Fsp3) is 0.143. The lowest BCUT2D eigenvalue weighted by molar-refractivity contribution is -0.0493. The largest absolute Gasteiger partial charge is 0.497 e. The van der Waals surface area contributed by atoms with Crippen LogP contribution in [0.1, 0.15) is 0 Å². The molecule has 0 saturated heterocycles. The first-order chi connectivity index (χ1) is 9.10. The molecule has 0 saturated carbocycles. The van der Waals surface area contributed by atoms with Crippen molar-refractivity contribution in [2.45, 2.75) is 6.61 Å².